The van der Waals surface area contributed by atoms with Crippen molar-refractivity contribution in [2.45, 2.75) is 25.4 Å². The summed E-state index contributed by atoms with van der Waals surface area (Å²) in [6.07, 6.45) is 0.434. The van der Waals surface area contributed by atoms with E-state index in [-0.39, 0.29) is 11.9 Å². The van der Waals surface area contributed by atoms with Gasteiger partial charge in [-0.25, -0.2) is 9.78 Å². The maximum absolute atomic E-state index is 13.3. The van der Waals surface area contributed by atoms with E-state index in [4.69, 9.17) is 10.1 Å². The predicted molar refractivity (Wildman–Crippen MR) is 160 cm³/mol. The van der Waals surface area contributed by atoms with Gasteiger partial charge in [0.2, 0.25) is 0 Å². The molecule has 1 saturated heterocycles. The van der Waals surface area contributed by atoms with Crippen molar-refractivity contribution in [1.29, 1.82) is 0 Å². The molecule has 6 rings (SSSR count). The lowest BCUT2D eigenvalue weighted by Gasteiger charge is -2.32. The van der Waals surface area contributed by atoms with Crippen LogP contribution in [0.15, 0.2) is 72.8 Å². The van der Waals surface area contributed by atoms with Gasteiger partial charge in [-0.2, -0.15) is 0 Å². The summed E-state index contributed by atoms with van der Waals surface area (Å²) in [5.41, 5.74) is 5.62. The number of aromatic nitrogens is 3. The molecule has 3 aromatic carbocycles. The Balaban J connectivity index is 1.36. The van der Waals surface area contributed by atoms with Crippen LogP contribution in [0.3, 0.4) is 0 Å². The molecule has 0 bridgehead atoms. The number of nitrogens with zero attached hydrogens (tertiary/aromatic N) is 4. The molecule has 2 N–H and O–H groups in total. The first-order valence-electron chi connectivity index (χ1n) is 13.0. The summed E-state index contributed by atoms with van der Waals surface area (Å²) < 4.78 is 5.58. The molecule has 1 aliphatic rings. The molecule has 1 atom stereocenters. The van der Waals surface area contributed by atoms with Crippen LogP contribution in [0.4, 0.5) is 4.79 Å². The molecule has 9 heteroatoms. The number of fused-ring (bicyclic) bond motifs is 2. The summed E-state index contributed by atoms with van der Waals surface area (Å²) in [6, 6.07) is 24.5. The number of hydrogen-bond donors (Lipinski definition) is 2. The maximum atomic E-state index is 13.3. The molecule has 2 aromatic heterocycles. The Kier molecular flexibility index (Phi) is 6.76. The largest absolute Gasteiger partial charge is 0.465 e. The van der Waals surface area contributed by atoms with Crippen LogP contribution in [0.5, 0.6) is 0 Å². The van der Waals surface area contributed by atoms with Gasteiger partial charge in [0, 0.05) is 52.8 Å². The van der Waals surface area contributed by atoms with Crippen LogP contribution in [0.2, 0.25) is 0 Å². The smallest absolute Gasteiger partial charge is 0.404 e. The minimum Gasteiger partial charge on any atom is -0.465 e. The number of nitrogens with one attached hydrogen (secondary N) is 1. The van der Waals surface area contributed by atoms with Gasteiger partial charge < -0.3 is 24.5 Å². The van der Waals surface area contributed by atoms with Gasteiger partial charge in [0.1, 0.15) is 0 Å². The number of carbonyl (C=O) groups is 2. The number of benzene rings is 3. The van der Waals surface area contributed by atoms with Crippen molar-refractivity contribution in [2.75, 3.05) is 13.1 Å². The van der Waals surface area contributed by atoms with Crippen LogP contribution in [0.1, 0.15) is 28.8 Å². The van der Waals surface area contributed by atoms with E-state index < -0.39 is 6.09 Å². The number of piperidine rings is 1. The van der Waals surface area contributed by atoms with E-state index in [0.29, 0.717) is 25.2 Å². The Hall–Kier alpha value is -3.86. The van der Waals surface area contributed by atoms with Crippen molar-refractivity contribution < 1.29 is 14.7 Å². The molecule has 8 nitrogen and oxygen atoms in total. The Morgan fingerprint density at radius 2 is 1.85 bits per heavy atom. The standard InChI is InChI=1S/C30H28IN5O3/c1-34-26-13-10-21(29(37)35-14-4-6-23(18-35)32-30(38)39)15-24(26)33-28(34)27-16-20-5-2-3-7-25(20)36(27)17-19-8-11-22(31)12-9-19/h2-3,5,7-13,15-16,23,32H,4,6,14,17-18H2,1H3,(H,38,39)/t23-/m1/s1. The molecule has 3 heterocycles. The van der Waals surface area contributed by atoms with Crippen molar-refractivity contribution >= 4 is 56.5 Å². The summed E-state index contributed by atoms with van der Waals surface area (Å²) in [7, 11) is 2.01. The number of halogens is 1. The molecule has 0 radical (unpaired) electrons. The molecule has 5 aromatic rings. The molecule has 0 aliphatic carbocycles. The second-order valence-electron chi connectivity index (χ2n) is 10.0. The monoisotopic (exact) mass is 633 g/mol. The SMILES string of the molecule is Cn1c(-c2cc3ccccc3n2Cc2ccc(I)cc2)nc2cc(C(=O)N3CCC[C@@H](NC(=O)O)C3)ccc21. The fourth-order valence-corrected chi connectivity index (χ4v) is 5.90. The molecule has 0 unspecified atom stereocenters. The zero-order valence-corrected chi connectivity index (χ0v) is 23.6. The Morgan fingerprint density at radius 1 is 1.05 bits per heavy atom. The lowest BCUT2D eigenvalue weighted by atomic mass is 10.0. The number of carbonyl (C=O) groups excluding carboxylic acids is 1. The zero-order valence-electron chi connectivity index (χ0n) is 21.5. The van der Waals surface area contributed by atoms with E-state index in [0.717, 1.165) is 46.3 Å². The lowest BCUT2D eigenvalue weighted by molar-refractivity contribution is 0.0692. The first kappa shape index (κ1) is 25.4. The van der Waals surface area contributed by atoms with E-state index in [1.54, 1.807) is 4.90 Å². The zero-order chi connectivity index (χ0) is 27.1. The van der Waals surface area contributed by atoms with E-state index in [1.807, 2.05) is 31.3 Å². The fraction of sp³-hybridized carbons (Fsp3) is 0.233. The number of rotatable bonds is 5. The summed E-state index contributed by atoms with van der Waals surface area (Å²) in [5, 5.41) is 12.7. The highest BCUT2D eigenvalue weighted by Gasteiger charge is 2.26. The third kappa shape index (κ3) is 4.98. The van der Waals surface area contributed by atoms with Crippen LogP contribution in [0, 0.1) is 3.57 Å². The second-order valence-corrected chi connectivity index (χ2v) is 11.3. The number of amides is 2. The number of aryl methyl sites for hydroxylation is 1. The first-order valence-corrected chi connectivity index (χ1v) is 14.0. The van der Waals surface area contributed by atoms with Crippen molar-refractivity contribution in [2.24, 2.45) is 7.05 Å². The highest BCUT2D eigenvalue weighted by atomic mass is 127. The highest BCUT2D eigenvalue weighted by Crippen LogP contribution is 2.31. The number of likely N-dealkylation sites (tertiary alicyclic amines) is 1. The lowest BCUT2D eigenvalue weighted by Crippen LogP contribution is -2.49. The van der Waals surface area contributed by atoms with E-state index >= 15 is 0 Å². The van der Waals surface area contributed by atoms with Crippen LogP contribution in [-0.2, 0) is 13.6 Å². The number of hydrogen-bond acceptors (Lipinski definition) is 3. The average molecular weight is 633 g/mol. The number of imidazole rings is 1. The Labute approximate surface area is 239 Å². The molecule has 1 aliphatic heterocycles. The minimum atomic E-state index is -1.06. The predicted octanol–water partition coefficient (Wildman–Crippen LogP) is 5.72. The van der Waals surface area contributed by atoms with Gasteiger partial charge >= 0.3 is 6.09 Å². The first-order chi connectivity index (χ1) is 18.9. The minimum absolute atomic E-state index is 0.103. The van der Waals surface area contributed by atoms with E-state index in [1.165, 1.54) is 9.13 Å². The van der Waals surface area contributed by atoms with Gasteiger partial charge in [0.25, 0.3) is 5.91 Å². The summed E-state index contributed by atoms with van der Waals surface area (Å²) >= 11 is 2.32. The second kappa shape index (κ2) is 10.4. The Bertz CT molecular complexity index is 1710. The van der Waals surface area contributed by atoms with E-state index in [2.05, 4.69) is 85.6 Å². The van der Waals surface area contributed by atoms with Crippen molar-refractivity contribution in [3.8, 4) is 11.5 Å². The molecule has 2 amide bonds. The van der Waals surface area contributed by atoms with Crippen LogP contribution < -0.4 is 5.32 Å². The van der Waals surface area contributed by atoms with Gasteiger partial charge in [-0.15, -0.1) is 0 Å². The molecule has 0 saturated carbocycles. The normalized spacial score (nSPS) is 15.6. The summed E-state index contributed by atoms with van der Waals surface area (Å²) in [4.78, 5) is 31.2. The molecule has 39 heavy (non-hydrogen) atoms. The van der Waals surface area contributed by atoms with Crippen LogP contribution in [0.25, 0.3) is 33.5 Å². The molecular weight excluding hydrogens is 605 g/mol. The molecule has 1 fully saturated rings. The fourth-order valence-electron chi connectivity index (χ4n) is 5.54. The third-order valence-electron chi connectivity index (χ3n) is 7.46. The molecular formula is C30H28IN5O3. The van der Waals surface area contributed by atoms with Gasteiger partial charge in [-0.3, -0.25) is 4.79 Å². The van der Waals surface area contributed by atoms with Crippen molar-refractivity contribution in [1.82, 2.24) is 24.3 Å². The van der Waals surface area contributed by atoms with Gasteiger partial charge in [0.15, 0.2) is 5.82 Å². The van der Waals surface area contributed by atoms with Gasteiger partial charge in [0.05, 0.1) is 16.7 Å². The van der Waals surface area contributed by atoms with Gasteiger partial charge in [-0.05, 0) is 83.5 Å². The highest BCUT2D eigenvalue weighted by molar-refractivity contribution is 14.1. The third-order valence-corrected chi connectivity index (χ3v) is 8.18. The van der Waals surface area contributed by atoms with Crippen LogP contribution in [-0.4, -0.2) is 55.3 Å². The number of carboxylic acid groups (broad SMARTS) is 1. The Morgan fingerprint density at radius 3 is 2.64 bits per heavy atom. The molecule has 198 valence electrons. The maximum Gasteiger partial charge on any atom is 0.404 e. The van der Waals surface area contributed by atoms with Gasteiger partial charge in [-0.1, -0.05) is 30.3 Å². The number of para-hydroxylation sites is 1. The van der Waals surface area contributed by atoms with Crippen molar-refractivity contribution in [3.63, 3.8) is 0 Å². The summed E-state index contributed by atoms with van der Waals surface area (Å²) in [5.74, 6) is 0.730. The van der Waals surface area contributed by atoms with Crippen molar-refractivity contribution in [3.05, 3.63) is 87.5 Å². The summed E-state index contributed by atoms with van der Waals surface area (Å²) in [6.45, 7) is 1.70. The topological polar surface area (TPSA) is 92.4 Å². The quantitative estimate of drug-likeness (QED) is 0.242. The molecule has 0 spiro atoms. The van der Waals surface area contributed by atoms with Crippen LogP contribution >= 0.6 is 22.6 Å². The average Bonchev–Trinajstić information content (AvgIpc) is 3.46. The van der Waals surface area contributed by atoms with E-state index in [9.17, 15) is 9.59 Å².